The molecular weight excluding hydrogens is 380 g/mol. The van der Waals surface area contributed by atoms with E-state index in [4.69, 9.17) is 11.6 Å². The highest BCUT2D eigenvalue weighted by atomic mass is 35.5. The van der Waals surface area contributed by atoms with Gasteiger partial charge in [-0.2, -0.15) is 10.1 Å². The Bertz CT molecular complexity index is 1040. The first kappa shape index (κ1) is 19.6. The van der Waals surface area contributed by atoms with Crippen molar-refractivity contribution in [1.29, 1.82) is 0 Å². The molecule has 8 heteroatoms. The highest BCUT2D eigenvalue weighted by molar-refractivity contribution is 6.33. The number of hydrogen-bond acceptors (Lipinski definition) is 5. The van der Waals surface area contributed by atoms with Crippen LogP contribution in [0, 0.1) is 17.0 Å². The molecule has 0 aliphatic carbocycles. The summed E-state index contributed by atoms with van der Waals surface area (Å²) in [6.07, 6.45) is 1.64. The minimum absolute atomic E-state index is 0.0420. The van der Waals surface area contributed by atoms with Crippen LogP contribution in [0.25, 0.3) is 6.08 Å². The second-order valence-electron chi connectivity index (χ2n) is 6.69. The topological polar surface area (TPSA) is 79.0 Å². The molecule has 1 aliphatic rings. The Hall–Kier alpha value is -3.19. The smallest absolute Gasteiger partial charge is 0.280 e. The van der Waals surface area contributed by atoms with Crippen LogP contribution < -0.4 is 9.91 Å². The Balaban J connectivity index is 2.05. The van der Waals surface area contributed by atoms with Gasteiger partial charge >= 0.3 is 0 Å². The average Bonchev–Trinajstić information content (AvgIpc) is 2.92. The number of aryl methyl sites for hydroxylation is 1. The fourth-order valence-corrected chi connectivity index (χ4v) is 3.08. The Kier molecular flexibility index (Phi) is 5.20. The van der Waals surface area contributed by atoms with Crippen LogP contribution in [0.4, 0.5) is 17.1 Å². The molecule has 0 unspecified atom stereocenters. The van der Waals surface area contributed by atoms with Crippen molar-refractivity contribution in [2.75, 3.05) is 24.0 Å². The standard InChI is InChI=1S/C20H19ClN4O3/c1-12-5-6-15(11-18(12)21)24-20(26)17(13(2)22-24)10-14-9-16(25(27)28)7-8-19(14)23(3)4/h5-11H,1-4H3. The largest absolute Gasteiger partial charge is 0.377 e. The van der Waals surface area contributed by atoms with Crippen LogP contribution in [-0.2, 0) is 4.79 Å². The highest BCUT2D eigenvalue weighted by Gasteiger charge is 2.29. The second-order valence-corrected chi connectivity index (χ2v) is 7.10. The SMILES string of the molecule is CC1=NN(c2ccc(C)c(Cl)c2)C(=O)C1=Cc1cc([N+](=O)[O-])ccc1N(C)C. The average molecular weight is 399 g/mol. The summed E-state index contributed by atoms with van der Waals surface area (Å²) in [4.78, 5) is 25.5. The molecule has 0 atom stereocenters. The summed E-state index contributed by atoms with van der Waals surface area (Å²) in [5, 5.41) is 17.3. The Morgan fingerprint density at radius 3 is 2.50 bits per heavy atom. The molecule has 0 fully saturated rings. The molecule has 0 spiro atoms. The molecule has 0 radical (unpaired) electrons. The Morgan fingerprint density at radius 2 is 1.89 bits per heavy atom. The van der Waals surface area contributed by atoms with E-state index < -0.39 is 4.92 Å². The van der Waals surface area contributed by atoms with Gasteiger partial charge in [-0.15, -0.1) is 0 Å². The van der Waals surface area contributed by atoms with Gasteiger partial charge in [0.1, 0.15) is 0 Å². The number of carbonyl (C=O) groups is 1. The third-order valence-corrected chi connectivity index (χ3v) is 4.87. The number of hydrazone groups is 1. The van der Waals surface area contributed by atoms with Crippen LogP contribution in [0.1, 0.15) is 18.1 Å². The first-order chi connectivity index (χ1) is 13.2. The molecule has 2 aromatic rings. The zero-order valence-electron chi connectivity index (χ0n) is 15.9. The lowest BCUT2D eigenvalue weighted by Gasteiger charge is -2.16. The van der Waals surface area contributed by atoms with Gasteiger partial charge in [0.25, 0.3) is 11.6 Å². The quantitative estimate of drug-likeness (QED) is 0.433. The zero-order chi connectivity index (χ0) is 20.6. The van der Waals surface area contributed by atoms with E-state index in [0.29, 0.717) is 27.6 Å². The van der Waals surface area contributed by atoms with Crippen LogP contribution in [0.3, 0.4) is 0 Å². The molecule has 1 amide bonds. The summed E-state index contributed by atoms with van der Waals surface area (Å²) in [7, 11) is 3.67. The van der Waals surface area contributed by atoms with Gasteiger partial charge in [0.15, 0.2) is 0 Å². The third kappa shape index (κ3) is 3.61. The van der Waals surface area contributed by atoms with Crippen LogP contribution in [0.15, 0.2) is 47.1 Å². The van der Waals surface area contributed by atoms with E-state index >= 15 is 0 Å². The van der Waals surface area contributed by atoms with E-state index in [-0.39, 0.29) is 11.6 Å². The number of non-ortho nitro benzene ring substituents is 1. The number of hydrogen-bond donors (Lipinski definition) is 0. The lowest BCUT2D eigenvalue weighted by Crippen LogP contribution is -2.21. The van der Waals surface area contributed by atoms with Gasteiger partial charge in [-0.25, -0.2) is 0 Å². The van der Waals surface area contributed by atoms with E-state index in [2.05, 4.69) is 5.10 Å². The van der Waals surface area contributed by atoms with Gasteiger partial charge in [-0.05, 0) is 43.7 Å². The molecular formula is C20H19ClN4O3. The van der Waals surface area contributed by atoms with Crippen molar-refractivity contribution >= 4 is 46.4 Å². The van der Waals surface area contributed by atoms with E-state index in [1.807, 2.05) is 32.0 Å². The molecule has 2 aromatic carbocycles. The van der Waals surface area contributed by atoms with Crippen LogP contribution in [0.2, 0.25) is 5.02 Å². The van der Waals surface area contributed by atoms with Gasteiger partial charge in [-0.3, -0.25) is 14.9 Å². The molecule has 7 nitrogen and oxygen atoms in total. The maximum atomic E-state index is 13.0. The predicted molar refractivity (Wildman–Crippen MR) is 112 cm³/mol. The zero-order valence-corrected chi connectivity index (χ0v) is 16.7. The molecule has 3 rings (SSSR count). The van der Waals surface area contributed by atoms with Gasteiger partial charge in [0.2, 0.25) is 0 Å². The number of amides is 1. The van der Waals surface area contributed by atoms with Gasteiger partial charge in [0, 0.05) is 42.5 Å². The molecule has 0 saturated heterocycles. The summed E-state index contributed by atoms with van der Waals surface area (Å²) >= 11 is 6.17. The molecule has 0 N–H and O–H groups in total. The maximum Gasteiger partial charge on any atom is 0.280 e. The number of benzene rings is 2. The molecule has 0 bridgehead atoms. The second kappa shape index (κ2) is 7.44. The van der Waals surface area contributed by atoms with Crippen LogP contribution in [-0.4, -0.2) is 30.6 Å². The number of nitro groups is 1. The molecule has 1 heterocycles. The van der Waals surface area contributed by atoms with Gasteiger partial charge in [0.05, 0.1) is 21.9 Å². The van der Waals surface area contributed by atoms with E-state index in [1.165, 1.54) is 17.1 Å². The fraction of sp³-hybridized carbons (Fsp3) is 0.200. The number of carbonyl (C=O) groups excluding carboxylic acids is 1. The summed E-state index contributed by atoms with van der Waals surface area (Å²) in [6, 6.07) is 9.84. The molecule has 144 valence electrons. The van der Waals surface area contributed by atoms with Crippen molar-refractivity contribution in [3.8, 4) is 0 Å². The number of nitro benzene ring substituents is 1. The molecule has 1 aliphatic heterocycles. The van der Waals surface area contributed by atoms with Crippen LogP contribution >= 0.6 is 11.6 Å². The first-order valence-corrected chi connectivity index (χ1v) is 8.90. The maximum absolute atomic E-state index is 13.0. The number of nitrogens with zero attached hydrogens (tertiary/aromatic N) is 4. The van der Waals surface area contributed by atoms with E-state index in [9.17, 15) is 14.9 Å². The molecule has 0 saturated carbocycles. The number of rotatable bonds is 4. The van der Waals surface area contributed by atoms with Crippen LogP contribution in [0.5, 0.6) is 0 Å². The van der Waals surface area contributed by atoms with Crippen molar-refractivity contribution < 1.29 is 9.72 Å². The minimum atomic E-state index is -0.459. The highest BCUT2D eigenvalue weighted by Crippen LogP contribution is 2.31. The summed E-state index contributed by atoms with van der Waals surface area (Å²) in [5.74, 6) is -0.311. The fourth-order valence-electron chi connectivity index (χ4n) is 2.91. The van der Waals surface area contributed by atoms with Crippen molar-refractivity contribution in [2.24, 2.45) is 5.10 Å². The Morgan fingerprint density at radius 1 is 1.18 bits per heavy atom. The van der Waals surface area contributed by atoms with E-state index in [1.54, 1.807) is 31.2 Å². The Labute approximate surface area is 167 Å². The number of halogens is 1. The molecule has 28 heavy (non-hydrogen) atoms. The number of anilines is 2. The van der Waals surface area contributed by atoms with Crippen molar-refractivity contribution in [1.82, 2.24) is 0 Å². The van der Waals surface area contributed by atoms with Crippen molar-refractivity contribution in [3.05, 3.63) is 68.2 Å². The summed E-state index contributed by atoms with van der Waals surface area (Å²) < 4.78 is 0. The lowest BCUT2D eigenvalue weighted by atomic mass is 10.0. The van der Waals surface area contributed by atoms with E-state index in [0.717, 1.165) is 11.3 Å². The van der Waals surface area contributed by atoms with Gasteiger partial charge in [-0.1, -0.05) is 17.7 Å². The summed E-state index contributed by atoms with van der Waals surface area (Å²) in [6.45, 7) is 3.61. The monoisotopic (exact) mass is 398 g/mol. The summed E-state index contributed by atoms with van der Waals surface area (Å²) in [5.41, 5.74) is 3.66. The van der Waals surface area contributed by atoms with Crippen molar-refractivity contribution in [3.63, 3.8) is 0 Å². The van der Waals surface area contributed by atoms with Crippen molar-refractivity contribution in [2.45, 2.75) is 13.8 Å². The first-order valence-electron chi connectivity index (χ1n) is 8.52. The normalized spacial score (nSPS) is 15.2. The lowest BCUT2D eigenvalue weighted by molar-refractivity contribution is -0.384. The minimum Gasteiger partial charge on any atom is -0.377 e. The van der Waals surface area contributed by atoms with Gasteiger partial charge < -0.3 is 4.90 Å². The third-order valence-electron chi connectivity index (χ3n) is 4.47. The molecule has 0 aromatic heterocycles. The predicted octanol–water partition coefficient (Wildman–Crippen LogP) is 4.43.